The predicted octanol–water partition coefficient (Wildman–Crippen LogP) is 3.68. The lowest BCUT2D eigenvalue weighted by atomic mass is 9.81. The van der Waals surface area contributed by atoms with Crippen molar-refractivity contribution in [1.82, 2.24) is 0 Å². The molecule has 0 aromatic heterocycles. The molecule has 5 heteroatoms. The number of halogens is 2. The average Bonchev–Trinajstić information content (AvgIpc) is 2.71. The summed E-state index contributed by atoms with van der Waals surface area (Å²) in [5, 5.41) is 0. The molecule has 1 aromatic rings. The molecular formula is C16H17Br2NO2. The van der Waals surface area contributed by atoms with Crippen LogP contribution in [0.2, 0.25) is 0 Å². The molecule has 0 radical (unpaired) electrons. The van der Waals surface area contributed by atoms with Crippen molar-refractivity contribution in [1.29, 1.82) is 0 Å². The standard InChI is InChI=1S/C16H17Br2NO2/c1-2-9-5-3-4-6-14(9)19-15(20)10-7-12(17)13(18)8-11(10)16(19)21/h3-6,10-13H,2,7-8H2,1H3/t10-,11-,12-,13+/m1/s1. The predicted molar refractivity (Wildman–Crippen MR) is 90.0 cm³/mol. The summed E-state index contributed by atoms with van der Waals surface area (Å²) in [5.41, 5.74) is 1.81. The number of alkyl halides is 2. The molecule has 0 N–H and O–H groups in total. The summed E-state index contributed by atoms with van der Waals surface area (Å²) >= 11 is 7.23. The molecule has 3 nitrogen and oxygen atoms in total. The van der Waals surface area contributed by atoms with Crippen molar-refractivity contribution >= 4 is 49.4 Å². The molecule has 0 spiro atoms. The summed E-state index contributed by atoms with van der Waals surface area (Å²) in [6.07, 6.45) is 2.25. The van der Waals surface area contributed by atoms with Crippen LogP contribution in [-0.4, -0.2) is 21.5 Å². The quantitative estimate of drug-likeness (QED) is 0.546. The maximum atomic E-state index is 12.7. The molecule has 2 amide bonds. The highest BCUT2D eigenvalue weighted by atomic mass is 79.9. The third-order valence-corrected chi connectivity index (χ3v) is 7.26. The highest BCUT2D eigenvalue weighted by Gasteiger charge is 2.52. The molecule has 112 valence electrons. The second kappa shape index (κ2) is 5.84. The van der Waals surface area contributed by atoms with Gasteiger partial charge in [0.25, 0.3) is 0 Å². The van der Waals surface area contributed by atoms with Gasteiger partial charge in [0.05, 0.1) is 17.5 Å². The number of carbonyl (C=O) groups is 2. The van der Waals surface area contributed by atoms with Crippen molar-refractivity contribution in [2.24, 2.45) is 11.8 Å². The molecule has 4 atom stereocenters. The second-order valence-corrected chi connectivity index (χ2v) is 8.06. The number of fused-ring (bicyclic) bond motifs is 1. The molecule has 1 saturated carbocycles. The SMILES string of the molecule is CCc1ccccc1N1C(=O)[C@@H]2C[C@@H](Br)[C@@H](Br)C[C@H]2C1=O. The van der Waals surface area contributed by atoms with E-state index in [1.807, 2.05) is 31.2 Å². The Morgan fingerprint density at radius 1 is 1.05 bits per heavy atom. The van der Waals surface area contributed by atoms with E-state index in [1.54, 1.807) is 0 Å². The minimum atomic E-state index is -0.180. The lowest BCUT2D eigenvalue weighted by molar-refractivity contribution is -0.122. The Bertz CT molecular complexity index is 561. The number of amides is 2. The number of benzene rings is 1. The van der Waals surface area contributed by atoms with Gasteiger partial charge in [-0.3, -0.25) is 9.59 Å². The third kappa shape index (κ3) is 2.48. The van der Waals surface area contributed by atoms with Gasteiger partial charge in [-0.05, 0) is 30.9 Å². The summed E-state index contributed by atoms with van der Waals surface area (Å²) in [6, 6.07) is 7.70. The van der Waals surface area contributed by atoms with Gasteiger partial charge in [0.1, 0.15) is 0 Å². The van der Waals surface area contributed by atoms with E-state index in [2.05, 4.69) is 31.9 Å². The maximum Gasteiger partial charge on any atom is 0.237 e. The van der Waals surface area contributed by atoms with Crippen LogP contribution in [0.15, 0.2) is 24.3 Å². The van der Waals surface area contributed by atoms with Gasteiger partial charge in [-0.2, -0.15) is 0 Å². The molecule has 0 unspecified atom stereocenters. The number of carbonyl (C=O) groups excluding carboxylic acids is 2. The molecule has 1 aliphatic heterocycles. The van der Waals surface area contributed by atoms with E-state index in [-0.39, 0.29) is 33.3 Å². The molecule has 2 fully saturated rings. The molecule has 2 aliphatic rings. The Morgan fingerprint density at radius 2 is 1.57 bits per heavy atom. The van der Waals surface area contributed by atoms with Crippen molar-refractivity contribution < 1.29 is 9.59 Å². The Labute approximate surface area is 141 Å². The van der Waals surface area contributed by atoms with Crippen molar-refractivity contribution in [3.05, 3.63) is 29.8 Å². The lowest BCUT2D eigenvalue weighted by Crippen LogP contribution is -2.34. The third-order valence-electron chi connectivity index (χ3n) is 4.52. The fraction of sp³-hybridized carbons (Fsp3) is 0.500. The summed E-state index contributed by atoms with van der Waals surface area (Å²) < 4.78 is 0. The maximum absolute atomic E-state index is 12.7. The van der Waals surface area contributed by atoms with Gasteiger partial charge < -0.3 is 0 Å². The van der Waals surface area contributed by atoms with Gasteiger partial charge in [0.15, 0.2) is 0 Å². The monoisotopic (exact) mass is 413 g/mol. The molecule has 1 aromatic carbocycles. The summed E-state index contributed by atoms with van der Waals surface area (Å²) in [4.78, 5) is 27.4. The van der Waals surface area contributed by atoms with Crippen LogP contribution in [0.25, 0.3) is 0 Å². The van der Waals surface area contributed by atoms with Crippen LogP contribution in [0.3, 0.4) is 0 Å². The largest absolute Gasteiger partial charge is 0.274 e. The molecule has 3 rings (SSSR count). The smallest absolute Gasteiger partial charge is 0.237 e. The van der Waals surface area contributed by atoms with Gasteiger partial charge in [-0.15, -0.1) is 0 Å². The van der Waals surface area contributed by atoms with Crippen molar-refractivity contribution in [2.45, 2.75) is 35.8 Å². The van der Waals surface area contributed by atoms with Gasteiger partial charge >= 0.3 is 0 Å². The number of anilines is 1. The lowest BCUT2D eigenvalue weighted by Gasteiger charge is -2.29. The summed E-state index contributed by atoms with van der Waals surface area (Å²) in [5.74, 6) is -0.425. The van der Waals surface area contributed by atoms with E-state index in [1.165, 1.54) is 4.90 Å². The first kappa shape index (κ1) is 15.2. The Morgan fingerprint density at radius 3 is 2.10 bits per heavy atom. The van der Waals surface area contributed by atoms with Crippen LogP contribution in [0, 0.1) is 11.8 Å². The summed E-state index contributed by atoms with van der Waals surface area (Å²) in [7, 11) is 0. The van der Waals surface area contributed by atoms with Crippen LogP contribution in [-0.2, 0) is 16.0 Å². The van der Waals surface area contributed by atoms with Crippen LogP contribution in [0.4, 0.5) is 5.69 Å². The molecule has 1 aliphatic carbocycles. The second-order valence-electron chi connectivity index (χ2n) is 5.71. The zero-order chi connectivity index (χ0) is 15.1. The van der Waals surface area contributed by atoms with E-state index < -0.39 is 0 Å². The average molecular weight is 415 g/mol. The number of imide groups is 1. The normalized spacial score (nSPS) is 32.4. The topological polar surface area (TPSA) is 37.4 Å². The van der Waals surface area contributed by atoms with E-state index in [9.17, 15) is 9.59 Å². The number of hydrogen-bond acceptors (Lipinski definition) is 2. The fourth-order valence-electron chi connectivity index (χ4n) is 3.36. The number of nitrogens with zero attached hydrogens (tertiary/aromatic N) is 1. The van der Waals surface area contributed by atoms with E-state index in [4.69, 9.17) is 0 Å². The first-order valence-corrected chi connectivity index (χ1v) is 9.11. The zero-order valence-corrected chi connectivity index (χ0v) is 14.9. The van der Waals surface area contributed by atoms with Crippen molar-refractivity contribution in [3.63, 3.8) is 0 Å². The van der Waals surface area contributed by atoms with Gasteiger partial charge in [0, 0.05) is 9.65 Å². The fourth-order valence-corrected chi connectivity index (χ4v) is 4.60. The van der Waals surface area contributed by atoms with Gasteiger partial charge in [-0.25, -0.2) is 4.90 Å². The highest BCUT2D eigenvalue weighted by Crippen LogP contribution is 2.44. The first-order chi connectivity index (χ1) is 10.0. The molecule has 0 bridgehead atoms. The summed E-state index contributed by atoms with van der Waals surface area (Å²) in [6.45, 7) is 2.04. The Kier molecular flexibility index (Phi) is 4.23. The Balaban J connectivity index is 1.98. The highest BCUT2D eigenvalue weighted by molar-refractivity contribution is 9.12. The van der Waals surface area contributed by atoms with Crippen LogP contribution < -0.4 is 4.90 Å². The van der Waals surface area contributed by atoms with Gasteiger partial charge in [0.2, 0.25) is 11.8 Å². The number of aryl methyl sites for hydroxylation is 1. The minimum absolute atomic E-state index is 0.0326. The van der Waals surface area contributed by atoms with Crippen molar-refractivity contribution in [3.8, 4) is 0 Å². The number of para-hydroxylation sites is 1. The Hall–Kier alpha value is -0.680. The van der Waals surface area contributed by atoms with Crippen LogP contribution in [0.1, 0.15) is 25.3 Å². The molecule has 1 saturated heterocycles. The number of rotatable bonds is 2. The molecule has 1 heterocycles. The van der Waals surface area contributed by atoms with Gasteiger partial charge in [-0.1, -0.05) is 57.0 Å². The van der Waals surface area contributed by atoms with Crippen molar-refractivity contribution in [2.75, 3.05) is 4.90 Å². The van der Waals surface area contributed by atoms with E-state index in [0.717, 1.165) is 30.5 Å². The first-order valence-electron chi connectivity index (χ1n) is 7.28. The number of hydrogen-bond donors (Lipinski definition) is 0. The molecular weight excluding hydrogens is 398 g/mol. The molecule has 21 heavy (non-hydrogen) atoms. The van der Waals surface area contributed by atoms with E-state index >= 15 is 0 Å². The van der Waals surface area contributed by atoms with Crippen LogP contribution >= 0.6 is 31.9 Å². The minimum Gasteiger partial charge on any atom is -0.274 e. The van der Waals surface area contributed by atoms with E-state index in [0.29, 0.717) is 0 Å². The zero-order valence-electron chi connectivity index (χ0n) is 11.8. The van der Waals surface area contributed by atoms with Crippen LogP contribution in [0.5, 0.6) is 0 Å².